The molecule has 0 atom stereocenters. The lowest BCUT2D eigenvalue weighted by Gasteiger charge is -2.11. The fraction of sp³-hybridized carbons (Fsp3) is 0.231. The Kier molecular flexibility index (Phi) is 2.98. The predicted octanol–water partition coefficient (Wildman–Crippen LogP) is 3.08. The van der Waals surface area contributed by atoms with Crippen molar-refractivity contribution in [2.45, 2.75) is 20.3 Å². The normalized spacial score (nSPS) is 10.9. The Morgan fingerprint density at radius 3 is 2.61 bits per heavy atom. The van der Waals surface area contributed by atoms with Crippen LogP contribution in [-0.4, -0.2) is 16.1 Å². The highest BCUT2D eigenvalue weighted by Gasteiger charge is 2.19. The van der Waals surface area contributed by atoms with Crippen LogP contribution in [0, 0.1) is 18.6 Å². The molecule has 1 heterocycles. The Bertz CT molecular complexity index is 653. The summed E-state index contributed by atoms with van der Waals surface area (Å²) in [5.41, 5.74) is 0.763. The first kappa shape index (κ1) is 12.4. The van der Waals surface area contributed by atoms with Crippen LogP contribution < -0.4 is 0 Å². The zero-order valence-corrected chi connectivity index (χ0v) is 9.92. The highest BCUT2D eigenvalue weighted by atomic mass is 19.1. The molecule has 0 aliphatic carbocycles. The van der Waals surface area contributed by atoms with Gasteiger partial charge in [-0.2, -0.15) is 0 Å². The molecule has 0 radical (unpaired) electrons. The van der Waals surface area contributed by atoms with E-state index in [9.17, 15) is 18.7 Å². The van der Waals surface area contributed by atoms with Crippen molar-refractivity contribution in [2.24, 2.45) is 0 Å². The minimum atomic E-state index is -1.21. The SMILES string of the molecule is CCc1nc2c(F)cc(F)cc2c(C(=O)O)c1C. The van der Waals surface area contributed by atoms with Gasteiger partial charge in [0.05, 0.1) is 5.56 Å². The molecule has 0 saturated heterocycles. The quantitative estimate of drug-likeness (QED) is 0.892. The van der Waals surface area contributed by atoms with Crippen LogP contribution in [0.15, 0.2) is 12.1 Å². The fourth-order valence-electron chi connectivity index (χ4n) is 2.06. The molecule has 1 aromatic heterocycles. The first-order valence-electron chi connectivity index (χ1n) is 5.47. The number of pyridine rings is 1. The van der Waals surface area contributed by atoms with E-state index >= 15 is 0 Å². The van der Waals surface area contributed by atoms with Crippen molar-refractivity contribution in [1.29, 1.82) is 0 Å². The minimum absolute atomic E-state index is 0.00491. The molecule has 0 aliphatic rings. The summed E-state index contributed by atoms with van der Waals surface area (Å²) in [5.74, 6) is -2.87. The first-order valence-corrected chi connectivity index (χ1v) is 5.47. The van der Waals surface area contributed by atoms with Crippen molar-refractivity contribution < 1.29 is 18.7 Å². The highest BCUT2D eigenvalue weighted by Crippen LogP contribution is 2.26. The number of hydrogen-bond acceptors (Lipinski definition) is 2. The maximum Gasteiger partial charge on any atom is 0.336 e. The molecule has 5 heteroatoms. The molecule has 0 aliphatic heterocycles. The van der Waals surface area contributed by atoms with Crippen LogP contribution in [0.1, 0.15) is 28.5 Å². The molecule has 2 aromatic rings. The van der Waals surface area contributed by atoms with Gasteiger partial charge >= 0.3 is 5.97 Å². The van der Waals surface area contributed by atoms with Gasteiger partial charge in [-0.25, -0.2) is 18.6 Å². The number of carboxylic acid groups (broad SMARTS) is 1. The van der Waals surface area contributed by atoms with Gasteiger partial charge in [-0.1, -0.05) is 6.92 Å². The molecule has 1 aromatic carbocycles. The smallest absolute Gasteiger partial charge is 0.336 e. The second-order valence-corrected chi connectivity index (χ2v) is 4.00. The van der Waals surface area contributed by atoms with Gasteiger partial charge in [0.25, 0.3) is 0 Å². The topological polar surface area (TPSA) is 50.2 Å². The summed E-state index contributed by atoms with van der Waals surface area (Å²) in [4.78, 5) is 15.3. The molecule has 1 N–H and O–H groups in total. The van der Waals surface area contributed by atoms with E-state index in [1.165, 1.54) is 0 Å². The summed E-state index contributed by atoms with van der Waals surface area (Å²) < 4.78 is 26.8. The van der Waals surface area contributed by atoms with E-state index in [0.29, 0.717) is 23.7 Å². The van der Waals surface area contributed by atoms with Crippen LogP contribution in [-0.2, 0) is 6.42 Å². The Morgan fingerprint density at radius 2 is 2.06 bits per heavy atom. The molecule has 0 saturated carbocycles. The fourth-order valence-corrected chi connectivity index (χ4v) is 2.06. The molecule has 0 bridgehead atoms. The van der Waals surface area contributed by atoms with Crippen LogP contribution in [0.4, 0.5) is 8.78 Å². The summed E-state index contributed by atoms with van der Waals surface area (Å²) in [5, 5.41) is 9.19. The van der Waals surface area contributed by atoms with Gasteiger partial charge in [-0.3, -0.25) is 0 Å². The Labute approximate surface area is 102 Å². The van der Waals surface area contributed by atoms with Crippen LogP contribution in [0.25, 0.3) is 10.9 Å². The van der Waals surface area contributed by atoms with Gasteiger partial charge in [0.15, 0.2) is 5.82 Å². The molecule has 0 amide bonds. The molecular formula is C13H11F2NO2. The monoisotopic (exact) mass is 251 g/mol. The number of carboxylic acids is 1. The summed E-state index contributed by atoms with van der Waals surface area (Å²) in [6.07, 6.45) is 0.485. The molecule has 2 rings (SSSR count). The minimum Gasteiger partial charge on any atom is -0.478 e. The molecule has 3 nitrogen and oxygen atoms in total. The van der Waals surface area contributed by atoms with Crippen molar-refractivity contribution in [3.05, 3.63) is 40.6 Å². The van der Waals surface area contributed by atoms with E-state index < -0.39 is 17.6 Å². The average Bonchev–Trinajstić information content (AvgIpc) is 2.27. The van der Waals surface area contributed by atoms with Crippen molar-refractivity contribution in [3.8, 4) is 0 Å². The number of carbonyl (C=O) groups is 1. The van der Waals surface area contributed by atoms with E-state index in [4.69, 9.17) is 0 Å². The summed E-state index contributed by atoms with van der Waals surface area (Å²) in [6, 6.07) is 1.71. The number of fused-ring (bicyclic) bond motifs is 1. The van der Waals surface area contributed by atoms with Crippen LogP contribution in [0.3, 0.4) is 0 Å². The number of halogens is 2. The van der Waals surface area contributed by atoms with Gasteiger partial charge in [-0.05, 0) is 25.0 Å². The number of aryl methyl sites for hydroxylation is 1. The lowest BCUT2D eigenvalue weighted by atomic mass is 10.00. The van der Waals surface area contributed by atoms with Crippen LogP contribution >= 0.6 is 0 Å². The number of hydrogen-bond donors (Lipinski definition) is 1. The number of benzene rings is 1. The number of rotatable bonds is 2. The van der Waals surface area contributed by atoms with Gasteiger partial charge < -0.3 is 5.11 Å². The average molecular weight is 251 g/mol. The van der Waals surface area contributed by atoms with Gasteiger partial charge in [0, 0.05) is 17.1 Å². The van der Waals surface area contributed by atoms with E-state index in [-0.39, 0.29) is 16.5 Å². The zero-order valence-electron chi connectivity index (χ0n) is 9.92. The van der Waals surface area contributed by atoms with Gasteiger partial charge in [0.1, 0.15) is 11.3 Å². The highest BCUT2D eigenvalue weighted by molar-refractivity contribution is 6.04. The lowest BCUT2D eigenvalue weighted by molar-refractivity contribution is 0.0698. The largest absolute Gasteiger partial charge is 0.478 e. The van der Waals surface area contributed by atoms with Crippen LogP contribution in [0.5, 0.6) is 0 Å². The summed E-state index contributed by atoms with van der Waals surface area (Å²) in [7, 11) is 0. The van der Waals surface area contributed by atoms with E-state index in [2.05, 4.69) is 4.98 Å². The molecule has 0 unspecified atom stereocenters. The van der Waals surface area contributed by atoms with Crippen molar-refractivity contribution in [3.63, 3.8) is 0 Å². The Hall–Kier alpha value is -2.04. The third-order valence-corrected chi connectivity index (χ3v) is 2.90. The maximum atomic E-state index is 13.6. The van der Waals surface area contributed by atoms with Crippen molar-refractivity contribution >= 4 is 16.9 Å². The van der Waals surface area contributed by atoms with Crippen molar-refractivity contribution in [1.82, 2.24) is 4.98 Å². The second-order valence-electron chi connectivity index (χ2n) is 4.00. The Morgan fingerprint density at radius 1 is 1.39 bits per heavy atom. The molecule has 94 valence electrons. The molecular weight excluding hydrogens is 240 g/mol. The lowest BCUT2D eigenvalue weighted by Crippen LogP contribution is -2.07. The second kappa shape index (κ2) is 4.33. The Balaban J connectivity index is 3.00. The number of aromatic carboxylic acids is 1. The predicted molar refractivity (Wildman–Crippen MR) is 62.7 cm³/mol. The number of nitrogens with zero attached hydrogens (tertiary/aromatic N) is 1. The van der Waals surface area contributed by atoms with E-state index in [1.807, 2.05) is 0 Å². The van der Waals surface area contributed by atoms with Gasteiger partial charge in [0.2, 0.25) is 0 Å². The van der Waals surface area contributed by atoms with Crippen LogP contribution in [0.2, 0.25) is 0 Å². The van der Waals surface area contributed by atoms with Gasteiger partial charge in [-0.15, -0.1) is 0 Å². The summed E-state index contributed by atoms with van der Waals surface area (Å²) >= 11 is 0. The third kappa shape index (κ3) is 1.81. The molecule has 18 heavy (non-hydrogen) atoms. The first-order chi connectivity index (χ1) is 8.45. The molecule has 0 spiro atoms. The number of aromatic nitrogens is 1. The molecule has 0 fully saturated rings. The van der Waals surface area contributed by atoms with E-state index in [1.54, 1.807) is 13.8 Å². The third-order valence-electron chi connectivity index (χ3n) is 2.90. The summed E-state index contributed by atoms with van der Waals surface area (Å²) in [6.45, 7) is 3.39. The standard InChI is InChI=1S/C13H11F2NO2/c1-3-10-6(2)11(13(17)18)8-4-7(14)5-9(15)12(8)16-10/h4-5H,3H2,1-2H3,(H,17,18). The van der Waals surface area contributed by atoms with E-state index in [0.717, 1.165) is 6.07 Å². The zero-order chi connectivity index (χ0) is 13.4. The van der Waals surface area contributed by atoms with Crippen molar-refractivity contribution in [2.75, 3.05) is 0 Å². The maximum absolute atomic E-state index is 13.6.